The first-order valence-electron chi connectivity index (χ1n) is 6.56. The lowest BCUT2D eigenvalue weighted by Crippen LogP contribution is -2.55. The number of hydrogen-bond donors (Lipinski definition) is 1. The number of ether oxygens (including phenoxy) is 1. The molecule has 0 aliphatic carbocycles. The molecular formula is C14H17ClN2O4. The molecule has 0 saturated carbocycles. The highest BCUT2D eigenvalue weighted by molar-refractivity contribution is 6.30. The van der Waals surface area contributed by atoms with Crippen molar-refractivity contribution in [3.05, 3.63) is 34.9 Å². The second-order valence-electron chi connectivity index (χ2n) is 4.89. The molecule has 1 N–H and O–H groups in total. The first-order chi connectivity index (χ1) is 9.99. The molecule has 6 nitrogen and oxygen atoms in total. The van der Waals surface area contributed by atoms with Crippen LogP contribution in [0.1, 0.15) is 5.56 Å². The van der Waals surface area contributed by atoms with Crippen molar-refractivity contribution < 1.29 is 19.4 Å². The van der Waals surface area contributed by atoms with Crippen LogP contribution in [-0.4, -0.2) is 59.8 Å². The van der Waals surface area contributed by atoms with Crippen molar-refractivity contribution in [2.24, 2.45) is 0 Å². The Bertz CT molecular complexity index is 537. The number of urea groups is 1. The van der Waals surface area contributed by atoms with E-state index < -0.39 is 12.0 Å². The van der Waals surface area contributed by atoms with E-state index in [1.807, 2.05) is 12.1 Å². The molecule has 21 heavy (non-hydrogen) atoms. The van der Waals surface area contributed by atoms with Crippen LogP contribution in [0.5, 0.6) is 0 Å². The van der Waals surface area contributed by atoms with Gasteiger partial charge >= 0.3 is 12.0 Å². The quantitative estimate of drug-likeness (QED) is 0.922. The molecule has 1 aliphatic rings. The van der Waals surface area contributed by atoms with Gasteiger partial charge in [0.15, 0.2) is 6.04 Å². The molecule has 1 fully saturated rings. The Morgan fingerprint density at radius 2 is 2.29 bits per heavy atom. The number of halogens is 1. The molecule has 2 amide bonds. The van der Waals surface area contributed by atoms with E-state index in [-0.39, 0.29) is 19.2 Å². The Morgan fingerprint density at radius 1 is 1.52 bits per heavy atom. The maximum atomic E-state index is 12.4. The van der Waals surface area contributed by atoms with Crippen LogP contribution in [0.4, 0.5) is 4.79 Å². The van der Waals surface area contributed by atoms with Crippen molar-refractivity contribution in [1.82, 2.24) is 9.80 Å². The molecule has 0 bridgehead atoms. The Kier molecular flexibility index (Phi) is 5.03. The monoisotopic (exact) mass is 312 g/mol. The number of amides is 2. The molecule has 0 radical (unpaired) electrons. The first kappa shape index (κ1) is 15.6. The van der Waals surface area contributed by atoms with E-state index in [2.05, 4.69) is 0 Å². The van der Waals surface area contributed by atoms with Gasteiger partial charge in [0.25, 0.3) is 0 Å². The lowest BCUT2D eigenvalue weighted by atomic mass is 10.2. The molecule has 1 saturated heterocycles. The van der Waals surface area contributed by atoms with Gasteiger partial charge in [-0.15, -0.1) is 0 Å². The fraction of sp³-hybridized carbons (Fsp3) is 0.429. The van der Waals surface area contributed by atoms with Gasteiger partial charge in [-0.3, -0.25) is 0 Å². The van der Waals surface area contributed by atoms with E-state index in [1.165, 1.54) is 9.80 Å². The van der Waals surface area contributed by atoms with Gasteiger partial charge in [0.2, 0.25) is 0 Å². The zero-order valence-electron chi connectivity index (χ0n) is 11.7. The van der Waals surface area contributed by atoms with Crippen LogP contribution < -0.4 is 0 Å². The molecule has 1 unspecified atom stereocenters. The topological polar surface area (TPSA) is 70.1 Å². The minimum atomic E-state index is -1.06. The van der Waals surface area contributed by atoms with Crippen LogP contribution in [0.2, 0.25) is 5.02 Å². The molecule has 1 aromatic carbocycles. The molecule has 1 aliphatic heterocycles. The van der Waals surface area contributed by atoms with E-state index in [0.29, 0.717) is 18.2 Å². The molecular weight excluding hydrogens is 296 g/mol. The Morgan fingerprint density at radius 3 is 2.95 bits per heavy atom. The maximum absolute atomic E-state index is 12.4. The summed E-state index contributed by atoms with van der Waals surface area (Å²) in [6.45, 7) is 1.01. The van der Waals surface area contributed by atoms with Crippen LogP contribution in [0, 0.1) is 0 Å². The minimum absolute atomic E-state index is 0.0199. The molecule has 114 valence electrons. The summed E-state index contributed by atoms with van der Waals surface area (Å²) in [5.74, 6) is -1.06. The van der Waals surface area contributed by atoms with Crippen molar-refractivity contribution in [3.63, 3.8) is 0 Å². The molecule has 2 rings (SSSR count). The zero-order chi connectivity index (χ0) is 15.4. The number of carboxylic acid groups (broad SMARTS) is 1. The van der Waals surface area contributed by atoms with E-state index in [0.717, 1.165) is 5.56 Å². The first-order valence-corrected chi connectivity index (χ1v) is 6.93. The molecule has 7 heteroatoms. The average molecular weight is 313 g/mol. The van der Waals surface area contributed by atoms with Crippen molar-refractivity contribution in [2.45, 2.75) is 12.6 Å². The molecule has 1 atom stereocenters. The number of rotatable bonds is 3. The highest BCUT2D eigenvalue weighted by Crippen LogP contribution is 2.15. The van der Waals surface area contributed by atoms with Crippen LogP contribution in [0.15, 0.2) is 24.3 Å². The number of hydrogen-bond acceptors (Lipinski definition) is 3. The van der Waals surface area contributed by atoms with Gasteiger partial charge in [0.1, 0.15) is 0 Å². The van der Waals surface area contributed by atoms with Crippen molar-refractivity contribution in [1.29, 1.82) is 0 Å². The van der Waals surface area contributed by atoms with E-state index in [9.17, 15) is 9.59 Å². The largest absolute Gasteiger partial charge is 0.480 e. The summed E-state index contributed by atoms with van der Waals surface area (Å²) in [5.41, 5.74) is 0.887. The van der Waals surface area contributed by atoms with Gasteiger partial charge < -0.3 is 19.6 Å². The Balaban J connectivity index is 2.05. The van der Waals surface area contributed by atoms with Crippen molar-refractivity contribution >= 4 is 23.6 Å². The van der Waals surface area contributed by atoms with Gasteiger partial charge in [0, 0.05) is 25.2 Å². The van der Waals surface area contributed by atoms with Gasteiger partial charge in [-0.05, 0) is 17.7 Å². The zero-order valence-corrected chi connectivity index (χ0v) is 12.4. The van der Waals surface area contributed by atoms with E-state index in [1.54, 1.807) is 19.2 Å². The third-order valence-corrected chi connectivity index (χ3v) is 3.53. The fourth-order valence-electron chi connectivity index (χ4n) is 2.23. The third-order valence-electron chi connectivity index (χ3n) is 3.29. The molecule has 1 aromatic rings. The summed E-state index contributed by atoms with van der Waals surface area (Å²) in [6, 6.07) is 5.95. The van der Waals surface area contributed by atoms with Gasteiger partial charge in [-0.2, -0.15) is 0 Å². The van der Waals surface area contributed by atoms with Crippen molar-refractivity contribution in [2.75, 3.05) is 26.8 Å². The summed E-state index contributed by atoms with van der Waals surface area (Å²) in [7, 11) is 1.64. The van der Waals surface area contributed by atoms with Crippen LogP contribution in [0.3, 0.4) is 0 Å². The third kappa shape index (κ3) is 3.86. The van der Waals surface area contributed by atoms with Crippen LogP contribution in [0.25, 0.3) is 0 Å². The van der Waals surface area contributed by atoms with Gasteiger partial charge in [-0.25, -0.2) is 9.59 Å². The SMILES string of the molecule is CN(Cc1cccc(Cl)c1)C(=O)N1CCOCC1C(=O)O. The summed E-state index contributed by atoms with van der Waals surface area (Å²) in [4.78, 5) is 26.4. The lowest BCUT2D eigenvalue weighted by molar-refractivity contribution is -0.147. The van der Waals surface area contributed by atoms with Gasteiger partial charge in [0.05, 0.1) is 13.2 Å². The maximum Gasteiger partial charge on any atom is 0.328 e. The number of benzene rings is 1. The van der Waals surface area contributed by atoms with Crippen LogP contribution in [-0.2, 0) is 16.1 Å². The molecule has 0 aromatic heterocycles. The lowest BCUT2D eigenvalue weighted by Gasteiger charge is -2.35. The number of aliphatic carboxylic acids is 1. The highest BCUT2D eigenvalue weighted by atomic mass is 35.5. The Hall–Kier alpha value is -1.79. The summed E-state index contributed by atoms with van der Waals surface area (Å²) >= 11 is 5.91. The van der Waals surface area contributed by atoms with E-state index in [4.69, 9.17) is 21.4 Å². The summed E-state index contributed by atoms with van der Waals surface area (Å²) < 4.78 is 5.13. The number of carbonyl (C=O) groups excluding carboxylic acids is 1. The summed E-state index contributed by atoms with van der Waals surface area (Å²) in [6.07, 6.45) is 0. The smallest absolute Gasteiger partial charge is 0.328 e. The second kappa shape index (κ2) is 6.78. The average Bonchev–Trinajstić information content (AvgIpc) is 2.46. The summed E-state index contributed by atoms with van der Waals surface area (Å²) in [5, 5.41) is 9.76. The molecule has 1 heterocycles. The fourth-order valence-corrected chi connectivity index (χ4v) is 2.45. The standard InChI is InChI=1S/C14H17ClN2O4/c1-16(8-10-3-2-4-11(15)7-10)14(20)17-5-6-21-9-12(17)13(18)19/h2-4,7,12H,5-6,8-9H2,1H3,(H,18,19). The number of carbonyl (C=O) groups is 2. The predicted molar refractivity (Wildman–Crippen MR) is 77.3 cm³/mol. The van der Waals surface area contributed by atoms with Crippen LogP contribution >= 0.6 is 11.6 Å². The predicted octanol–water partition coefficient (Wildman–Crippen LogP) is 1.68. The second-order valence-corrected chi connectivity index (χ2v) is 5.33. The minimum Gasteiger partial charge on any atom is -0.480 e. The van der Waals surface area contributed by atoms with E-state index >= 15 is 0 Å². The number of morpholine rings is 1. The van der Waals surface area contributed by atoms with Crippen molar-refractivity contribution in [3.8, 4) is 0 Å². The highest BCUT2D eigenvalue weighted by Gasteiger charge is 2.34. The molecule has 0 spiro atoms. The number of nitrogens with zero attached hydrogens (tertiary/aromatic N) is 2. The normalized spacial score (nSPS) is 18.4. The van der Waals surface area contributed by atoms with Gasteiger partial charge in [-0.1, -0.05) is 23.7 Å². The number of carboxylic acids is 1. The Labute approximate surface area is 127 Å².